The number of amides is 3. The zero-order valence-electron chi connectivity index (χ0n) is 14.1. The van der Waals surface area contributed by atoms with Gasteiger partial charge in [0.2, 0.25) is 5.91 Å². The lowest BCUT2D eigenvalue weighted by Gasteiger charge is -2.10. The number of halogens is 1. The maximum Gasteiger partial charge on any atom is 0.291 e. The summed E-state index contributed by atoms with van der Waals surface area (Å²) in [4.78, 5) is 35.7. The van der Waals surface area contributed by atoms with Gasteiger partial charge >= 0.3 is 0 Å². The minimum Gasteiger partial charge on any atom is -0.450 e. The monoisotopic (exact) mass is 429 g/mol. The molecule has 0 aliphatic carbocycles. The highest BCUT2D eigenvalue weighted by atomic mass is 79.9. The number of primary amides is 1. The Morgan fingerprint density at radius 1 is 1.04 bits per heavy atom. The standard InChI is InChI=1S/C19H16BrN3O4/c20-13-6-3-4-11-10-15(27-17(11)13)19(26)23-14-7-2-1-5-12(14)18(25)22-9-8-16(21)24/h1-7,10H,8-9H2,(H2,21,24)(H,22,25)(H,23,26). The van der Waals surface area contributed by atoms with Crippen molar-refractivity contribution in [1.82, 2.24) is 5.32 Å². The van der Waals surface area contributed by atoms with Crippen LogP contribution < -0.4 is 16.4 Å². The van der Waals surface area contributed by atoms with Gasteiger partial charge < -0.3 is 20.8 Å². The molecule has 1 heterocycles. The molecule has 2 aromatic carbocycles. The minimum atomic E-state index is -0.507. The molecule has 7 nitrogen and oxygen atoms in total. The number of para-hydroxylation sites is 2. The molecule has 138 valence electrons. The van der Waals surface area contributed by atoms with Crippen LogP contribution >= 0.6 is 15.9 Å². The van der Waals surface area contributed by atoms with Gasteiger partial charge in [-0.05, 0) is 40.2 Å². The fraction of sp³-hybridized carbons (Fsp3) is 0.105. The smallest absolute Gasteiger partial charge is 0.291 e. The van der Waals surface area contributed by atoms with E-state index in [0.29, 0.717) is 11.3 Å². The predicted octanol–water partition coefficient (Wildman–Crippen LogP) is 3.05. The third-order valence-electron chi connectivity index (χ3n) is 3.80. The molecule has 0 fully saturated rings. The molecule has 8 heteroatoms. The summed E-state index contributed by atoms with van der Waals surface area (Å²) in [7, 11) is 0. The summed E-state index contributed by atoms with van der Waals surface area (Å²) in [5, 5.41) is 6.06. The summed E-state index contributed by atoms with van der Waals surface area (Å²) in [6.07, 6.45) is 0.0358. The highest BCUT2D eigenvalue weighted by Crippen LogP contribution is 2.27. The number of carbonyl (C=O) groups excluding carboxylic acids is 3. The second-order valence-corrected chi connectivity index (χ2v) is 6.60. The molecule has 0 aliphatic rings. The maximum absolute atomic E-state index is 12.6. The number of hydrogen-bond donors (Lipinski definition) is 3. The molecule has 0 unspecified atom stereocenters. The van der Waals surface area contributed by atoms with Crippen LogP contribution in [-0.2, 0) is 4.79 Å². The number of benzene rings is 2. The first-order chi connectivity index (χ1) is 13.0. The Labute approximate surface area is 163 Å². The third-order valence-corrected chi connectivity index (χ3v) is 4.42. The summed E-state index contributed by atoms with van der Waals surface area (Å²) in [5.74, 6) is -1.27. The molecule has 0 radical (unpaired) electrons. The Kier molecular flexibility index (Phi) is 5.56. The van der Waals surface area contributed by atoms with Crippen molar-refractivity contribution >= 4 is 50.3 Å². The van der Waals surface area contributed by atoms with Crippen molar-refractivity contribution in [3.8, 4) is 0 Å². The van der Waals surface area contributed by atoms with Crippen molar-refractivity contribution < 1.29 is 18.8 Å². The molecule has 27 heavy (non-hydrogen) atoms. The lowest BCUT2D eigenvalue weighted by atomic mass is 10.1. The van der Waals surface area contributed by atoms with Gasteiger partial charge in [-0.15, -0.1) is 0 Å². The Hall–Kier alpha value is -3.13. The van der Waals surface area contributed by atoms with Crippen LogP contribution in [0.4, 0.5) is 5.69 Å². The molecular formula is C19H16BrN3O4. The lowest BCUT2D eigenvalue weighted by Crippen LogP contribution is -2.28. The first-order valence-electron chi connectivity index (χ1n) is 8.10. The normalized spacial score (nSPS) is 10.6. The van der Waals surface area contributed by atoms with E-state index < -0.39 is 17.7 Å². The van der Waals surface area contributed by atoms with Crippen LogP contribution in [0.2, 0.25) is 0 Å². The summed E-state index contributed by atoms with van der Waals surface area (Å²) in [6, 6.07) is 13.7. The Morgan fingerprint density at radius 3 is 2.56 bits per heavy atom. The molecule has 0 bridgehead atoms. The van der Waals surface area contributed by atoms with Crippen molar-refractivity contribution in [2.45, 2.75) is 6.42 Å². The summed E-state index contributed by atoms with van der Waals surface area (Å²) >= 11 is 3.38. The molecule has 4 N–H and O–H groups in total. The quantitative estimate of drug-likeness (QED) is 0.558. The zero-order valence-corrected chi connectivity index (χ0v) is 15.7. The van der Waals surface area contributed by atoms with Gasteiger partial charge in [0.15, 0.2) is 5.76 Å². The summed E-state index contributed by atoms with van der Waals surface area (Å²) in [6.45, 7) is 0.119. The molecule has 0 saturated heterocycles. The van der Waals surface area contributed by atoms with Gasteiger partial charge in [-0.25, -0.2) is 0 Å². The van der Waals surface area contributed by atoms with E-state index in [1.54, 1.807) is 30.3 Å². The Bertz CT molecular complexity index is 1030. The number of hydrogen-bond acceptors (Lipinski definition) is 4. The number of nitrogens with one attached hydrogen (secondary N) is 2. The first kappa shape index (κ1) is 18.7. The number of fused-ring (bicyclic) bond motifs is 1. The molecule has 3 amide bonds. The number of rotatable bonds is 6. The zero-order chi connectivity index (χ0) is 19.4. The largest absolute Gasteiger partial charge is 0.450 e. The lowest BCUT2D eigenvalue weighted by molar-refractivity contribution is -0.117. The van der Waals surface area contributed by atoms with Gasteiger partial charge in [0.25, 0.3) is 11.8 Å². The van der Waals surface area contributed by atoms with E-state index in [4.69, 9.17) is 10.2 Å². The van der Waals surface area contributed by atoms with Gasteiger partial charge in [0.1, 0.15) is 5.58 Å². The SMILES string of the molecule is NC(=O)CCNC(=O)c1ccccc1NC(=O)c1cc2cccc(Br)c2o1. The highest BCUT2D eigenvalue weighted by molar-refractivity contribution is 9.10. The topological polar surface area (TPSA) is 114 Å². The Balaban J connectivity index is 1.78. The first-order valence-corrected chi connectivity index (χ1v) is 8.90. The van der Waals surface area contributed by atoms with Crippen molar-refractivity contribution in [1.29, 1.82) is 0 Å². The van der Waals surface area contributed by atoms with Crippen LogP contribution in [0.3, 0.4) is 0 Å². The molecular weight excluding hydrogens is 414 g/mol. The molecule has 0 atom stereocenters. The average Bonchev–Trinajstić information content (AvgIpc) is 3.07. The molecule has 0 aliphatic heterocycles. The minimum absolute atomic E-state index is 0.0358. The summed E-state index contributed by atoms with van der Waals surface area (Å²) < 4.78 is 6.36. The van der Waals surface area contributed by atoms with E-state index in [0.717, 1.165) is 9.86 Å². The van der Waals surface area contributed by atoms with Gasteiger partial charge in [-0.1, -0.05) is 24.3 Å². The number of anilines is 1. The fourth-order valence-corrected chi connectivity index (χ4v) is 2.97. The van der Waals surface area contributed by atoms with E-state index in [2.05, 4.69) is 26.6 Å². The second kappa shape index (κ2) is 8.05. The van der Waals surface area contributed by atoms with Gasteiger partial charge in [0, 0.05) is 18.4 Å². The second-order valence-electron chi connectivity index (χ2n) is 5.74. The van der Waals surface area contributed by atoms with Crippen LogP contribution in [0.5, 0.6) is 0 Å². The van der Waals surface area contributed by atoms with Crippen molar-refractivity contribution in [3.63, 3.8) is 0 Å². The Morgan fingerprint density at radius 2 is 1.81 bits per heavy atom. The summed E-state index contributed by atoms with van der Waals surface area (Å²) in [5.41, 5.74) is 6.23. The van der Waals surface area contributed by atoms with Crippen LogP contribution in [0.1, 0.15) is 27.3 Å². The van der Waals surface area contributed by atoms with E-state index in [1.165, 1.54) is 0 Å². The van der Waals surface area contributed by atoms with Crippen molar-refractivity contribution in [2.75, 3.05) is 11.9 Å². The van der Waals surface area contributed by atoms with Gasteiger partial charge in [-0.2, -0.15) is 0 Å². The third kappa shape index (κ3) is 4.35. The molecule has 0 spiro atoms. The number of nitrogens with two attached hydrogens (primary N) is 1. The number of carbonyl (C=O) groups is 3. The van der Waals surface area contributed by atoms with Gasteiger partial charge in [0.05, 0.1) is 15.7 Å². The van der Waals surface area contributed by atoms with Gasteiger partial charge in [-0.3, -0.25) is 14.4 Å². The maximum atomic E-state index is 12.6. The highest BCUT2D eigenvalue weighted by Gasteiger charge is 2.17. The molecule has 3 rings (SSSR count). The van der Waals surface area contributed by atoms with E-state index >= 15 is 0 Å². The molecule has 1 aromatic heterocycles. The molecule has 3 aromatic rings. The van der Waals surface area contributed by atoms with Crippen LogP contribution in [0.25, 0.3) is 11.0 Å². The van der Waals surface area contributed by atoms with E-state index in [1.807, 2.05) is 18.2 Å². The fourth-order valence-electron chi connectivity index (χ4n) is 2.51. The predicted molar refractivity (Wildman–Crippen MR) is 104 cm³/mol. The van der Waals surface area contributed by atoms with E-state index in [9.17, 15) is 14.4 Å². The van der Waals surface area contributed by atoms with Crippen LogP contribution in [0, 0.1) is 0 Å². The van der Waals surface area contributed by atoms with Crippen LogP contribution in [-0.4, -0.2) is 24.3 Å². The van der Waals surface area contributed by atoms with E-state index in [-0.39, 0.29) is 24.3 Å². The molecule has 0 saturated carbocycles. The van der Waals surface area contributed by atoms with Crippen LogP contribution in [0.15, 0.2) is 57.4 Å². The van der Waals surface area contributed by atoms with Crippen molar-refractivity contribution in [3.05, 3.63) is 64.3 Å². The average molecular weight is 430 g/mol. The van der Waals surface area contributed by atoms with Crippen molar-refractivity contribution in [2.24, 2.45) is 5.73 Å². The number of furan rings is 1.